The van der Waals surface area contributed by atoms with E-state index in [1.165, 1.54) is 6.33 Å². The molecule has 1 heterocycles. The van der Waals surface area contributed by atoms with Crippen molar-refractivity contribution in [2.24, 2.45) is 0 Å². The summed E-state index contributed by atoms with van der Waals surface area (Å²) in [6.45, 7) is 0. The Morgan fingerprint density at radius 1 is 1.12 bits per heavy atom. The number of hydrogen-bond acceptors (Lipinski definition) is 5. The van der Waals surface area contributed by atoms with Crippen LogP contribution in [0.2, 0.25) is 0 Å². The predicted octanol–water partition coefficient (Wildman–Crippen LogP) is 2.12. The van der Waals surface area contributed by atoms with E-state index in [1.807, 2.05) is 12.1 Å². The molecule has 0 unspecified atom stereocenters. The molecule has 0 aliphatic carbocycles. The maximum absolute atomic E-state index is 12.4. The van der Waals surface area contributed by atoms with E-state index in [0.717, 1.165) is 10.2 Å². The lowest BCUT2D eigenvalue weighted by Crippen LogP contribution is -2.33. The molecule has 1 amide bonds. The molecule has 0 atom stereocenters. The Balaban J connectivity index is 1.70. The van der Waals surface area contributed by atoms with Crippen molar-refractivity contribution in [2.75, 3.05) is 19.6 Å². The Hall–Kier alpha value is -3.35. The van der Waals surface area contributed by atoms with Crippen molar-refractivity contribution in [2.45, 2.75) is 12.8 Å². The summed E-state index contributed by atoms with van der Waals surface area (Å²) in [6, 6.07) is 12.5. The number of para-hydroxylation sites is 1. The fraction of sp³-hybridized carbons (Fsp3) is 0.211. The summed E-state index contributed by atoms with van der Waals surface area (Å²) in [5.74, 6) is 1.04. The van der Waals surface area contributed by atoms with Gasteiger partial charge < -0.3 is 9.47 Å². The third-order valence-electron chi connectivity index (χ3n) is 3.96. The molecule has 26 heavy (non-hydrogen) atoms. The van der Waals surface area contributed by atoms with Crippen molar-refractivity contribution in [1.82, 2.24) is 9.66 Å². The number of hydrogen-bond donors (Lipinski definition) is 1. The van der Waals surface area contributed by atoms with Crippen LogP contribution in [0.5, 0.6) is 11.5 Å². The van der Waals surface area contributed by atoms with Crippen LogP contribution < -0.4 is 20.5 Å². The highest BCUT2D eigenvalue weighted by atomic mass is 16.5. The Morgan fingerprint density at radius 3 is 2.50 bits per heavy atom. The van der Waals surface area contributed by atoms with Crippen LogP contribution in [-0.2, 0) is 11.2 Å². The van der Waals surface area contributed by atoms with E-state index in [2.05, 4.69) is 10.4 Å². The second-order valence-corrected chi connectivity index (χ2v) is 5.69. The summed E-state index contributed by atoms with van der Waals surface area (Å²) < 4.78 is 11.6. The largest absolute Gasteiger partial charge is 0.497 e. The number of rotatable bonds is 6. The molecule has 7 heteroatoms. The molecular formula is C19H19N3O4. The first kappa shape index (κ1) is 17.5. The number of ether oxygens (including phenoxy) is 2. The van der Waals surface area contributed by atoms with Gasteiger partial charge in [0, 0.05) is 12.5 Å². The van der Waals surface area contributed by atoms with Gasteiger partial charge in [-0.2, -0.15) is 0 Å². The van der Waals surface area contributed by atoms with E-state index in [4.69, 9.17) is 9.47 Å². The van der Waals surface area contributed by atoms with E-state index < -0.39 is 0 Å². The zero-order valence-corrected chi connectivity index (χ0v) is 14.6. The van der Waals surface area contributed by atoms with Gasteiger partial charge in [-0.25, -0.2) is 9.66 Å². The SMILES string of the molecule is COc1cc(CCC(=O)Nn2cnc3ccccc3c2=O)cc(OC)c1. The molecule has 2 aromatic carbocycles. The molecule has 0 aliphatic rings. The predicted molar refractivity (Wildman–Crippen MR) is 98.2 cm³/mol. The number of amides is 1. The van der Waals surface area contributed by atoms with E-state index in [0.29, 0.717) is 28.8 Å². The molecule has 0 bridgehead atoms. The van der Waals surface area contributed by atoms with Crippen LogP contribution in [0.25, 0.3) is 10.9 Å². The summed E-state index contributed by atoms with van der Waals surface area (Å²) in [5.41, 5.74) is 3.75. The minimum absolute atomic E-state index is 0.204. The molecule has 0 radical (unpaired) electrons. The highest BCUT2D eigenvalue weighted by Gasteiger charge is 2.09. The van der Waals surface area contributed by atoms with Gasteiger partial charge in [0.1, 0.15) is 17.8 Å². The van der Waals surface area contributed by atoms with Crippen molar-refractivity contribution in [3.05, 3.63) is 64.7 Å². The Morgan fingerprint density at radius 2 is 1.81 bits per heavy atom. The summed E-state index contributed by atoms with van der Waals surface area (Å²) >= 11 is 0. The average molecular weight is 353 g/mol. The lowest BCUT2D eigenvalue weighted by Gasteiger charge is -2.10. The molecule has 0 saturated heterocycles. The van der Waals surface area contributed by atoms with Crippen molar-refractivity contribution < 1.29 is 14.3 Å². The van der Waals surface area contributed by atoms with Crippen molar-refractivity contribution in [3.63, 3.8) is 0 Å². The van der Waals surface area contributed by atoms with Crippen LogP contribution in [-0.4, -0.2) is 29.8 Å². The number of benzene rings is 2. The topological polar surface area (TPSA) is 82.5 Å². The second kappa shape index (κ2) is 7.69. The number of fused-ring (bicyclic) bond motifs is 1. The molecule has 0 saturated carbocycles. The van der Waals surface area contributed by atoms with Gasteiger partial charge in [0.15, 0.2) is 0 Å². The summed E-state index contributed by atoms with van der Waals surface area (Å²) in [7, 11) is 3.15. The number of aryl methyl sites for hydroxylation is 1. The van der Waals surface area contributed by atoms with Gasteiger partial charge in [-0.15, -0.1) is 0 Å². The standard InChI is InChI=1S/C19H19N3O4/c1-25-14-9-13(10-15(11-14)26-2)7-8-18(23)21-22-12-20-17-6-4-3-5-16(17)19(22)24/h3-6,9-12H,7-8H2,1-2H3,(H,21,23). The molecule has 134 valence electrons. The molecule has 1 aromatic heterocycles. The van der Waals surface area contributed by atoms with Crippen molar-refractivity contribution >= 4 is 16.8 Å². The van der Waals surface area contributed by atoms with Gasteiger partial charge in [-0.3, -0.25) is 15.0 Å². The second-order valence-electron chi connectivity index (χ2n) is 5.69. The average Bonchev–Trinajstić information content (AvgIpc) is 2.68. The van der Waals surface area contributed by atoms with Gasteiger partial charge in [-0.1, -0.05) is 12.1 Å². The summed E-state index contributed by atoms with van der Waals surface area (Å²) in [6.07, 6.45) is 2.00. The quantitative estimate of drug-likeness (QED) is 0.734. The van der Waals surface area contributed by atoms with Gasteiger partial charge >= 0.3 is 0 Å². The Kier molecular flexibility index (Phi) is 5.17. The summed E-state index contributed by atoms with van der Waals surface area (Å²) in [4.78, 5) is 28.8. The molecule has 1 N–H and O–H groups in total. The smallest absolute Gasteiger partial charge is 0.280 e. The number of nitrogens with zero attached hydrogens (tertiary/aromatic N) is 2. The lowest BCUT2D eigenvalue weighted by atomic mass is 10.1. The normalized spacial score (nSPS) is 10.5. The maximum Gasteiger partial charge on any atom is 0.280 e. The minimum atomic E-state index is -0.313. The summed E-state index contributed by atoms with van der Waals surface area (Å²) in [5, 5.41) is 0.452. The molecule has 7 nitrogen and oxygen atoms in total. The monoisotopic (exact) mass is 353 g/mol. The maximum atomic E-state index is 12.4. The van der Waals surface area contributed by atoms with Crippen LogP contribution in [0.4, 0.5) is 0 Å². The van der Waals surface area contributed by atoms with Crippen LogP contribution in [0, 0.1) is 0 Å². The third-order valence-corrected chi connectivity index (χ3v) is 3.96. The Bertz CT molecular complexity index is 975. The fourth-order valence-corrected chi connectivity index (χ4v) is 2.61. The number of methoxy groups -OCH3 is 2. The first-order valence-electron chi connectivity index (χ1n) is 8.09. The zero-order chi connectivity index (χ0) is 18.5. The highest BCUT2D eigenvalue weighted by molar-refractivity contribution is 5.84. The number of carbonyl (C=O) groups excluding carboxylic acids is 1. The van der Waals surface area contributed by atoms with Gasteiger partial charge in [0.05, 0.1) is 25.1 Å². The van der Waals surface area contributed by atoms with Crippen molar-refractivity contribution in [3.8, 4) is 11.5 Å². The van der Waals surface area contributed by atoms with Gasteiger partial charge in [-0.05, 0) is 36.2 Å². The van der Waals surface area contributed by atoms with Crippen LogP contribution in [0.1, 0.15) is 12.0 Å². The van der Waals surface area contributed by atoms with E-state index in [-0.39, 0.29) is 17.9 Å². The van der Waals surface area contributed by atoms with E-state index >= 15 is 0 Å². The highest BCUT2D eigenvalue weighted by Crippen LogP contribution is 2.23. The van der Waals surface area contributed by atoms with Gasteiger partial charge in [0.25, 0.3) is 5.56 Å². The molecular weight excluding hydrogens is 334 g/mol. The van der Waals surface area contributed by atoms with Crippen molar-refractivity contribution in [1.29, 1.82) is 0 Å². The van der Waals surface area contributed by atoms with Crippen LogP contribution >= 0.6 is 0 Å². The lowest BCUT2D eigenvalue weighted by molar-refractivity contribution is -0.117. The fourth-order valence-electron chi connectivity index (χ4n) is 2.61. The molecule has 0 aliphatic heterocycles. The molecule has 0 spiro atoms. The molecule has 0 fully saturated rings. The number of carbonyl (C=O) groups is 1. The first-order valence-corrected chi connectivity index (χ1v) is 8.09. The molecule has 3 rings (SSSR count). The van der Waals surface area contributed by atoms with Crippen LogP contribution in [0.15, 0.2) is 53.6 Å². The number of aromatic nitrogens is 2. The minimum Gasteiger partial charge on any atom is -0.497 e. The third kappa shape index (κ3) is 3.83. The van der Waals surface area contributed by atoms with E-state index in [1.54, 1.807) is 44.6 Å². The Labute approximate surface area is 150 Å². The van der Waals surface area contributed by atoms with E-state index in [9.17, 15) is 9.59 Å². The number of nitrogens with one attached hydrogen (secondary N) is 1. The molecule has 3 aromatic rings. The van der Waals surface area contributed by atoms with Gasteiger partial charge in [0.2, 0.25) is 5.91 Å². The zero-order valence-electron chi connectivity index (χ0n) is 14.6. The first-order chi connectivity index (χ1) is 12.6. The van der Waals surface area contributed by atoms with Crippen LogP contribution in [0.3, 0.4) is 0 Å².